The first-order chi connectivity index (χ1) is 27.6. The van der Waals surface area contributed by atoms with Crippen molar-refractivity contribution in [2.24, 2.45) is 5.73 Å². The maximum atomic E-state index is 12.1. The highest BCUT2D eigenvalue weighted by atomic mass is 16.5. The number of aliphatic hydroxyl groups is 2. The highest BCUT2D eigenvalue weighted by Gasteiger charge is 2.13. The molecular weight excluding hydrogens is 697 g/mol. The number of benzene rings is 1. The summed E-state index contributed by atoms with van der Waals surface area (Å²) in [6.45, 7) is 6.77. The summed E-state index contributed by atoms with van der Waals surface area (Å²) in [6.07, 6.45) is 43.9. The Hall–Kier alpha value is -1.51. The molecule has 0 bridgehead atoms. The van der Waals surface area contributed by atoms with Crippen LogP contribution in [0, 0.1) is 0 Å². The Morgan fingerprint density at radius 3 is 1.14 bits per heavy atom. The van der Waals surface area contributed by atoms with E-state index < -0.39 is 0 Å². The van der Waals surface area contributed by atoms with Crippen molar-refractivity contribution in [3.05, 3.63) is 35.9 Å². The molecule has 0 saturated carbocycles. The first-order valence-corrected chi connectivity index (χ1v) is 24.1. The monoisotopic (exact) mass is 791 g/mol. The predicted octanol–water partition coefficient (Wildman–Crippen LogP) is 12.6. The Kier molecular flexibility index (Phi) is 44.9. The third-order valence-electron chi connectivity index (χ3n) is 10.8. The van der Waals surface area contributed by atoms with Crippen molar-refractivity contribution in [3.63, 3.8) is 0 Å². The molecule has 7 heteroatoms. The van der Waals surface area contributed by atoms with Crippen LogP contribution in [0.15, 0.2) is 30.3 Å². The van der Waals surface area contributed by atoms with Gasteiger partial charge in [0.1, 0.15) is 0 Å². The Morgan fingerprint density at radius 2 is 0.821 bits per heavy atom. The van der Waals surface area contributed by atoms with Crippen LogP contribution in [0.25, 0.3) is 0 Å². The normalized spacial score (nSPS) is 12.3. The topological polar surface area (TPSA) is 114 Å². The van der Waals surface area contributed by atoms with Crippen LogP contribution in [0.4, 0.5) is 0 Å². The van der Waals surface area contributed by atoms with Crippen LogP contribution >= 0.6 is 0 Å². The lowest BCUT2D eigenvalue weighted by molar-refractivity contribution is 0.0718. The number of carbonyl (C=O) groups excluding carboxylic acids is 1. The van der Waals surface area contributed by atoms with Crippen molar-refractivity contribution in [3.8, 4) is 0 Å². The van der Waals surface area contributed by atoms with Gasteiger partial charge < -0.3 is 30.7 Å². The van der Waals surface area contributed by atoms with Gasteiger partial charge in [0.05, 0.1) is 38.5 Å². The third-order valence-corrected chi connectivity index (χ3v) is 10.8. The molecule has 0 radical (unpaired) electrons. The smallest absolute Gasteiger partial charge is 0.251 e. The largest absolute Gasteiger partial charge is 0.395 e. The van der Waals surface area contributed by atoms with E-state index in [-0.39, 0.29) is 31.2 Å². The molecule has 0 heterocycles. The molecular formula is C49H94N2O5. The lowest BCUT2D eigenvalue weighted by atomic mass is 10.0. The average molecular weight is 791 g/mol. The van der Waals surface area contributed by atoms with Crippen molar-refractivity contribution in [2.75, 3.05) is 39.6 Å². The molecule has 0 saturated heterocycles. The number of hydrogen-bond acceptors (Lipinski definition) is 6. The van der Waals surface area contributed by atoms with Gasteiger partial charge in [-0.2, -0.15) is 0 Å². The zero-order valence-electron chi connectivity index (χ0n) is 37.1. The number of nitrogens with two attached hydrogens (primary N) is 1. The number of hydrogen-bond donors (Lipinski definition) is 4. The van der Waals surface area contributed by atoms with Gasteiger partial charge in [0.2, 0.25) is 0 Å². The van der Waals surface area contributed by atoms with E-state index in [9.17, 15) is 9.90 Å². The number of unbranched alkanes of at least 4 members (excludes halogenated alkanes) is 30. The van der Waals surface area contributed by atoms with Gasteiger partial charge in [-0.3, -0.25) is 4.79 Å². The highest BCUT2D eigenvalue weighted by Crippen LogP contribution is 2.15. The van der Waals surface area contributed by atoms with Crippen LogP contribution in [0.2, 0.25) is 0 Å². The van der Waals surface area contributed by atoms with Crippen LogP contribution in [-0.2, 0) is 9.47 Å². The predicted molar refractivity (Wildman–Crippen MR) is 241 cm³/mol. The van der Waals surface area contributed by atoms with Gasteiger partial charge in [-0.25, -0.2) is 0 Å². The van der Waals surface area contributed by atoms with E-state index in [4.69, 9.17) is 20.3 Å². The van der Waals surface area contributed by atoms with E-state index in [1.54, 1.807) is 12.1 Å². The molecule has 5 N–H and O–H groups in total. The van der Waals surface area contributed by atoms with Gasteiger partial charge in [0.25, 0.3) is 5.91 Å². The number of aliphatic hydroxyl groups excluding tert-OH is 2. The van der Waals surface area contributed by atoms with E-state index in [1.807, 2.05) is 18.2 Å². The summed E-state index contributed by atoms with van der Waals surface area (Å²) in [5.74, 6) is -0.171. The number of amides is 1. The Bertz CT molecular complexity index is 889. The van der Waals surface area contributed by atoms with Crippen molar-refractivity contribution < 1.29 is 24.5 Å². The fourth-order valence-corrected chi connectivity index (χ4v) is 7.02. The molecule has 1 rings (SSSR count). The van der Waals surface area contributed by atoms with Crippen LogP contribution in [0.5, 0.6) is 0 Å². The Morgan fingerprint density at radius 1 is 0.500 bits per heavy atom. The lowest BCUT2D eigenvalue weighted by Crippen LogP contribution is -2.40. The summed E-state index contributed by atoms with van der Waals surface area (Å²) in [4.78, 5) is 12.1. The minimum absolute atomic E-state index is 0.0129. The molecule has 56 heavy (non-hydrogen) atoms. The molecule has 1 aromatic carbocycles. The number of ether oxygens (including phenoxy) is 2. The second-order valence-corrected chi connectivity index (χ2v) is 16.4. The molecule has 0 spiro atoms. The van der Waals surface area contributed by atoms with Crippen molar-refractivity contribution in [2.45, 2.75) is 231 Å². The summed E-state index contributed by atoms with van der Waals surface area (Å²) in [7, 11) is 0. The quantitative estimate of drug-likeness (QED) is 0.0490. The summed E-state index contributed by atoms with van der Waals surface area (Å²) < 4.78 is 11.1. The van der Waals surface area contributed by atoms with E-state index >= 15 is 0 Å². The Balaban J connectivity index is 0.00000113. The average Bonchev–Trinajstić information content (AvgIpc) is 3.22. The van der Waals surface area contributed by atoms with Crippen molar-refractivity contribution >= 4 is 5.91 Å². The van der Waals surface area contributed by atoms with E-state index in [0.29, 0.717) is 25.4 Å². The second kappa shape index (κ2) is 46.2. The summed E-state index contributed by atoms with van der Waals surface area (Å²) >= 11 is 0. The van der Waals surface area contributed by atoms with E-state index in [2.05, 4.69) is 19.2 Å². The second-order valence-electron chi connectivity index (χ2n) is 16.4. The van der Waals surface area contributed by atoms with Crippen molar-refractivity contribution in [1.29, 1.82) is 0 Å². The van der Waals surface area contributed by atoms with E-state index in [1.165, 1.54) is 193 Å². The summed E-state index contributed by atoms with van der Waals surface area (Å²) in [6, 6.07) is 8.49. The molecule has 1 amide bonds. The molecule has 0 aliphatic heterocycles. The number of carbonyl (C=O) groups is 1. The fraction of sp³-hybridized carbons (Fsp3) is 0.857. The SMILES string of the molecule is CCCCCCCCCCCCCCCCCCOC[C@@H](N)CO.CCCCCCCCCCCCCCCCCCOC[C@H](CO)NC(=O)c1ccccc1. The first-order valence-electron chi connectivity index (χ1n) is 24.1. The maximum Gasteiger partial charge on any atom is 0.251 e. The molecule has 7 nitrogen and oxygen atoms in total. The number of rotatable bonds is 42. The standard InChI is InChI=1S/C28H49NO3.C21H45NO2/c1-2-3-4-5-6-7-8-9-10-11-12-13-14-15-16-20-23-32-25-27(24-30)29-28(31)26-21-18-17-19-22-26;1-2-3-4-5-6-7-8-9-10-11-12-13-14-15-16-17-18-24-20-21(22)19-23/h17-19,21-22,27,30H,2-16,20,23-25H2,1H3,(H,29,31);21,23H,2-20,22H2,1H3/t27-;21-/m00/s1. The fourth-order valence-electron chi connectivity index (χ4n) is 7.02. The minimum atomic E-state index is -0.358. The zero-order chi connectivity index (χ0) is 40.8. The maximum absolute atomic E-state index is 12.1. The molecule has 330 valence electrons. The van der Waals surface area contributed by atoms with Gasteiger partial charge in [0, 0.05) is 18.8 Å². The first kappa shape index (κ1) is 54.5. The molecule has 1 aromatic rings. The molecule has 0 aliphatic carbocycles. The third kappa shape index (κ3) is 40.7. The minimum Gasteiger partial charge on any atom is -0.395 e. The molecule has 0 unspecified atom stereocenters. The van der Waals surface area contributed by atoms with Gasteiger partial charge in [0.15, 0.2) is 0 Å². The Labute approximate surface area is 347 Å². The van der Waals surface area contributed by atoms with E-state index in [0.717, 1.165) is 19.4 Å². The lowest BCUT2D eigenvalue weighted by Gasteiger charge is -2.16. The summed E-state index contributed by atoms with van der Waals surface area (Å²) in [5.41, 5.74) is 6.17. The van der Waals surface area contributed by atoms with Crippen LogP contribution < -0.4 is 11.1 Å². The molecule has 0 aliphatic rings. The molecule has 0 aromatic heterocycles. The number of nitrogens with one attached hydrogen (secondary N) is 1. The van der Waals surface area contributed by atoms with Crippen LogP contribution in [0.1, 0.15) is 230 Å². The van der Waals surface area contributed by atoms with Gasteiger partial charge in [-0.1, -0.05) is 225 Å². The highest BCUT2D eigenvalue weighted by molar-refractivity contribution is 5.94. The van der Waals surface area contributed by atoms with Crippen LogP contribution in [-0.4, -0.2) is 67.8 Å². The van der Waals surface area contributed by atoms with Crippen molar-refractivity contribution in [1.82, 2.24) is 5.32 Å². The molecule has 0 fully saturated rings. The van der Waals surface area contributed by atoms with Gasteiger partial charge >= 0.3 is 0 Å². The van der Waals surface area contributed by atoms with Crippen LogP contribution in [0.3, 0.4) is 0 Å². The molecule has 2 atom stereocenters. The van der Waals surface area contributed by atoms with Gasteiger partial charge in [-0.15, -0.1) is 0 Å². The summed E-state index contributed by atoms with van der Waals surface area (Å²) in [5, 5.41) is 21.1. The zero-order valence-corrected chi connectivity index (χ0v) is 37.1. The van der Waals surface area contributed by atoms with Gasteiger partial charge in [-0.05, 0) is 25.0 Å².